The van der Waals surface area contributed by atoms with Gasteiger partial charge >= 0.3 is 6.18 Å². The molecule has 0 N–H and O–H groups in total. The number of ether oxygens (including phenoxy) is 1. The van der Waals surface area contributed by atoms with Crippen molar-refractivity contribution in [3.05, 3.63) is 136 Å². The predicted octanol–water partition coefficient (Wildman–Crippen LogP) is 8.96. The number of nitrogens with zero attached hydrogens (tertiary/aromatic N) is 3. The summed E-state index contributed by atoms with van der Waals surface area (Å²) >= 11 is 0.516. The van der Waals surface area contributed by atoms with Crippen LogP contribution >= 0.6 is 11.8 Å². The number of likely N-dealkylation sites (tertiary alicyclic amines) is 1. The fraction of sp³-hybridized carbons (Fsp3) is 0.317. The summed E-state index contributed by atoms with van der Waals surface area (Å²) in [4.78, 5) is 28.4. The van der Waals surface area contributed by atoms with Gasteiger partial charge < -0.3 is 19.1 Å². The second-order valence-corrected chi connectivity index (χ2v) is 12.4. The zero-order chi connectivity index (χ0) is 50.3. The number of alkyl halides is 3. The van der Waals surface area contributed by atoms with E-state index in [2.05, 4.69) is 0 Å². The lowest BCUT2D eigenvalue weighted by atomic mass is 9.96. The van der Waals surface area contributed by atoms with Gasteiger partial charge in [-0.2, -0.15) is 13.2 Å². The molecule has 1 aliphatic heterocycles. The average molecular weight is 764 g/mol. The van der Waals surface area contributed by atoms with Gasteiger partial charge in [0.15, 0.2) is 17.1 Å². The van der Waals surface area contributed by atoms with Crippen molar-refractivity contribution in [1.29, 1.82) is 0 Å². The first kappa shape index (κ1) is 24.0. The first-order valence-electron chi connectivity index (χ1n) is 22.8. The number of carbonyl (C=O) groups is 1. The van der Waals surface area contributed by atoms with Gasteiger partial charge in [-0.05, 0) is 66.7 Å². The molecule has 1 fully saturated rings. The third-order valence-corrected chi connectivity index (χ3v) is 9.10. The Kier molecular flexibility index (Phi) is 7.54. The summed E-state index contributed by atoms with van der Waals surface area (Å²) in [5, 5.41) is -0.719. The highest BCUT2D eigenvalue weighted by molar-refractivity contribution is 7.98. The number of aromatic nitrogens is 1. The Morgan fingerprint density at radius 2 is 1.68 bits per heavy atom. The van der Waals surface area contributed by atoms with Gasteiger partial charge in [-0.25, -0.2) is 8.78 Å². The highest BCUT2D eigenvalue weighted by Gasteiger charge is 2.33. The summed E-state index contributed by atoms with van der Waals surface area (Å²) in [6.45, 7) is -16.0. The summed E-state index contributed by atoms with van der Waals surface area (Å²) in [7, 11) is 0.934. The van der Waals surface area contributed by atoms with E-state index < -0.39 is 113 Å². The molecular weight excluding hydrogens is 710 g/mol. The van der Waals surface area contributed by atoms with Crippen LogP contribution in [0.3, 0.4) is 0 Å². The molecule has 1 unspecified atom stereocenters. The fourth-order valence-electron chi connectivity index (χ4n) is 5.33. The summed E-state index contributed by atoms with van der Waals surface area (Å²) in [6, 6.07) is 9.90. The van der Waals surface area contributed by atoms with Gasteiger partial charge in [-0.15, -0.1) is 11.8 Å². The Labute approximate surface area is 328 Å². The molecule has 1 atom stereocenters. The van der Waals surface area contributed by atoms with Crippen molar-refractivity contribution in [1.82, 2.24) is 14.4 Å². The van der Waals surface area contributed by atoms with Crippen LogP contribution in [0.1, 0.15) is 61.6 Å². The van der Waals surface area contributed by atoms with E-state index in [-0.39, 0.29) is 32.5 Å². The van der Waals surface area contributed by atoms with Gasteiger partial charge in [0.1, 0.15) is 6.50 Å². The number of hydrogen-bond donors (Lipinski definition) is 0. The second kappa shape index (κ2) is 16.7. The number of rotatable bonds is 12. The Morgan fingerprint density at radius 3 is 2.34 bits per heavy atom. The van der Waals surface area contributed by atoms with Gasteiger partial charge in [0.05, 0.1) is 34.2 Å². The molecule has 1 amide bonds. The number of carbonyl (C=O) groups excluding carboxylic acids is 1. The lowest BCUT2D eigenvalue weighted by Gasteiger charge is -2.42. The van der Waals surface area contributed by atoms with E-state index in [0.717, 1.165) is 62.6 Å². The van der Waals surface area contributed by atoms with Crippen LogP contribution in [0.4, 0.5) is 22.0 Å². The van der Waals surface area contributed by atoms with Crippen molar-refractivity contribution in [3.8, 4) is 11.1 Å². The number of para-hydroxylation sites is 1. The molecular formula is C41H40F5N3O3S. The van der Waals surface area contributed by atoms with Crippen LogP contribution in [0.25, 0.3) is 22.0 Å². The van der Waals surface area contributed by atoms with Crippen LogP contribution in [-0.4, -0.2) is 59.5 Å². The molecule has 2 heterocycles. The smallest absolute Gasteiger partial charge is 0.383 e. The molecule has 0 spiro atoms. The molecule has 1 aromatic heterocycles. The minimum Gasteiger partial charge on any atom is -0.383 e. The molecule has 1 aliphatic rings. The minimum absolute atomic E-state index is 0.199. The van der Waals surface area contributed by atoms with E-state index in [4.69, 9.17) is 13.0 Å². The highest BCUT2D eigenvalue weighted by Crippen LogP contribution is 2.34. The zero-order valence-electron chi connectivity index (χ0n) is 42.0. The van der Waals surface area contributed by atoms with E-state index in [1.54, 1.807) is 0 Å². The predicted molar refractivity (Wildman–Crippen MR) is 198 cm³/mol. The van der Waals surface area contributed by atoms with E-state index in [1.165, 1.54) is 48.5 Å². The normalized spacial score (nSPS) is 24.2. The lowest BCUT2D eigenvalue weighted by Crippen LogP contribution is -2.49. The summed E-state index contributed by atoms with van der Waals surface area (Å²) < 4.78 is 204. The Morgan fingerprint density at radius 1 is 1.02 bits per heavy atom. The molecule has 0 aliphatic carbocycles. The molecule has 0 bridgehead atoms. The largest absolute Gasteiger partial charge is 0.416 e. The van der Waals surface area contributed by atoms with Crippen molar-refractivity contribution in [2.45, 2.75) is 55.2 Å². The van der Waals surface area contributed by atoms with E-state index in [9.17, 15) is 37.7 Å². The molecule has 5 aromatic rings. The molecule has 1 saturated heterocycles. The average Bonchev–Trinajstić information content (AvgIpc) is 3.22. The van der Waals surface area contributed by atoms with E-state index >= 15 is 4.79 Å². The lowest BCUT2D eigenvalue weighted by molar-refractivity contribution is -0.138. The highest BCUT2D eigenvalue weighted by atomic mass is 32.2. The summed E-state index contributed by atoms with van der Waals surface area (Å²) in [5.41, 5.74) is -2.47. The van der Waals surface area contributed by atoms with Crippen molar-refractivity contribution in [3.63, 3.8) is 0 Å². The Balaban J connectivity index is 1.64. The molecule has 6 rings (SSSR count). The maximum absolute atomic E-state index is 15.6. The summed E-state index contributed by atoms with van der Waals surface area (Å²) in [5.74, 6) is -5.26. The first-order chi connectivity index (χ1) is 30.7. The van der Waals surface area contributed by atoms with Gasteiger partial charge in [0.2, 0.25) is 5.91 Å². The summed E-state index contributed by atoms with van der Waals surface area (Å²) in [6.07, 6.45) is -13.4. The topological polar surface area (TPSA) is 54.8 Å². The van der Waals surface area contributed by atoms with E-state index in [1.807, 2.05) is 0 Å². The second-order valence-electron chi connectivity index (χ2n) is 11.4. The third kappa shape index (κ3) is 8.83. The Bertz CT molecular complexity index is 2730. The number of benzene rings is 4. The van der Waals surface area contributed by atoms with Crippen LogP contribution in [-0.2, 0) is 28.0 Å². The number of amides is 1. The number of hydrogen-bond acceptors (Lipinski definition) is 5. The van der Waals surface area contributed by atoms with Gasteiger partial charge in [-0.3, -0.25) is 9.59 Å². The molecule has 53 heavy (non-hydrogen) atoms. The maximum atomic E-state index is 15.6. The third-order valence-electron chi connectivity index (χ3n) is 8.05. The molecule has 6 nitrogen and oxygen atoms in total. The van der Waals surface area contributed by atoms with E-state index in [0.29, 0.717) is 16.3 Å². The molecule has 278 valence electrons. The number of piperidine rings is 1. The van der Waals surface area contributed by atoms with Crippen molar-refractivity contribution >= 4 is 28.6 Å². The fourth-order valence-corrected chi connectivity index (χ4v) is 6.32. The van der Waals surface area contributed by atoms with Crippen LogP contribution in [0.2, 0.25) is 0 Å². The van der Waals surface area contributed by atoms with Crippen LogP contribution in [0.15, 0.2) is 107 Å². The number of fused-ring (bicyclic) bond motifs is 1. The molecule has 0 radical (unpaired) electrons. The number of methoxy groups -OCH3 is 1. The number of halogens is 5. The van der Waals surface area contributed by atoms with Crippen molar-refractivity contribution in [2.75, 3.05) is 33.2 Å². The molecule has 0 saturated carbocycles. The van der Waals surface area contributed by atoms with Gasteiger partial charge in [-0.1, -0.05) is 60.7 Å². The SMILES string of the molecule is [2H]C([2H])(COC)N1C([2H])([2H])C([2H])([2H])C([2H])(N(C(=O)C([2H])([2H])n2c(SCc3cccc(F)c3F)cc(=O)c3ccccc32)C([2H])(C)c2ccc(-c3ccc(C(F)(F)F)cc3)cc2)C([2H])([2H])C1([2H])[2H]. The standard InChI is InChI=1S/C41H40F5N3O3S/c1-27(28-10-12-29(13-11-28)30-14-16-32(17-15-30)41(44,45)46)49(33-18-20-47(21-19-33)22-23-52-2)38(51)25-48-36-9-4-3-7-34(36)37(50)24-39(48)53-26-31-6-5-8-35(42)40(31)43/h3-17,24,27,33H,18-23,25-26H2,1-2H3/i18D2,19D2,20D2,21D2,22D2,25D2,27D,33D. The van der Waals surface area contributed by atoms with Gasteiger partial charge in [0.25, 0.3) is 0 Å². The number of thioether (sulfide) groups is 1. The van der Waals surface area contributed by atoms with Gasteiger partial charge in [0, 0.05) is 69.1 Å². The monoisotopic (exact) mass is 763 g/mol. The van der Waals surface area contributed by atoms with Crippen LogP contribution < -0.4 is 5.43 Å². The zero-order valence-corrected chi connectivity index (χ0v) is 28.8. The molecule has 4 aromatic carbocycles. The van der Waals surface area contributed by atoms with Crippen LogP contribution in [0, 0.1) is 11.6 Å². The first-order valence-corrected chi connectivity index (χ1v) is 16.8. The minimum atomic E-state index is -4.67. The van der Waals surface area contributed by atoms with Crippen LogP contribution in [0.5, 0.6) is 0 Å². The Hall–Kier alpha value is -4.52. The van der Waals surface area contributed by atoms with Crippen molar-refractivity contribution < 1.29 is 50.7 Å². The maximum Gasteiger partial charge on any atom is 0.416 e. The molecule has 12 heteroatoms. The van der Waals surface area contributed by atoms with Crippen molar-refractivity contribution in [2.24, 2.45) is 0 Å². The number of pyridine rings is 1. The quantitative estimate of drug-likeness (QED) is 0.0939.